The van der Waals surface area contributed by atoms with E-state index in [4.69, 9.17) is 9.47 Å². The third-order valence-electron chi connectivity index (χ3n) is 4.90. The summed E-state index contributed by atoms with van der Waals surface area (Å²) in [4.78, 5) is 16.8. The Kier molecular flexibility index (Phi) is 8.02. The first-order valence-corrected chi connectivity index (χ1v) is 11.8. The highest BCUT2D eigenvalue weighted by atomic mass is 32.2. The van der Waals surface area contributed by atoms with Crippen LogP contribution in [0.1, 0.15) is 27.0 Å². The standard InChI is InChI=1S/C24H27N3O5S/c1-17-13-20(14-18(2)23(17)32-16-19-5-4-10-25-15-19)24(28)26-11-12-27-33(29,30)22-8-6-21(31-3)7-9-22/h4-10,13-15,27H,11-12,16H2,1-3H3,(H,26,28). The summed E-state index contributed by atoms with van der Waals surface area (Å²) in [7, 11) is -2.16. The summed E-state index contributed by atoms with van der Waals surface area (Å²) in [5.41, 5.74) is 3.11. The lowest BCUT2D eigenvalue weighted by atomic mass is 10.0. The smallest absolute Gasteiger partial charge is 0.251 e. The van der Waals surface area contributed by atoms with Crippen molar-refractivity contribution in [1.29, 1.82) is 0 Å². The van der Waals surface area contributed by atoms with Crippen LogP contribution < -0.4 is 19.5 Å². The topological polar surface area (TPSA) is 107 Å². The van der Waals surface area contributed by atoms with Gasteiger partial charge in [-0.15, -0.1) is 0 Å². The summed E-state index contributed by atoms with van der Waals surface area (Å²) in [5, 5.41) is 2.74. The van der Waals surface area contributed by atoms with E-state index in [0.717, 1.165) is 22.4 Å². The average Bonchev–Trinajstić information content (AvgIpc) is 2.81. The minimum absolute atomic E-state index is 0.0599. The fourth-order valence-electron chi connectivity index (χ4n) is 3.25. The second-order valence-corrected chi connectivity index (χ2v) is 9.19. The Labute approximate surface area is 194 Å². The van der Waals surface area contributed by atoms with Crippen LogP contribution in [0.25, 0.3) is 0 Å². The molecule has 0 saturated carbocycles. The maximum absolute atomic E-state index is 12.6. The number of hydrogen-bond donors (Lipinski definition) is 2. The van der Waals surface area contributed by atoms with Crippen LogP contribution in [0.3, 0.4) is 0 Å². The van der Waals surface area contributed by atoms with E-state index in [1.54, 1.807) is 36.7 Å². The first-order valence-electron chi connectivity index (χ1n) is 10.3. The van der Waals surface area contributed by atoms with Crippen molar-refractivity contribution < 1.29 is 22.7 Å². The number of pyridine rings is 1. The molecule has 8 nitrogen and oxygen atoms in total. The van der Waals surface area contributed by atoms with E-state index in [-0.39, 0.29) is 23.9 Å². The van der Waals surface area contributed by atoms with Crippen molar-refractivity contribution in [3.8, 4) is 11.5 Å². The van der Waals surface area contributed by atoms with Gasteiger partial charge in [0, 0.05) is 36.6 Å². The highest BCUT2D eigenvalue weighted by molar-refractivity contribution is 7.89. The highest BCUT2D eigenvalue weighted by Gasteiger charge is 2.15. The second-order valence-electron chi connectivity index (χ2n) is 7.42. The molecule has 1 heterocycles. The Hall–Kier alpha value is -3.43. The van der Waals surface area contributed by atoms with Gasteiger partial charge in [0.1, 0.15) is 18.1 Å². The number of amides is 1. The molecule has 1 amide bonds. The van der Waals surface area contributed by atoms with Crippen molar-refractivity contribution in [3.05, 3.63) is 83.2 Å². The second kappa shape index (κ2) is 10.9. The lowest BCUT2D eigenvalue weighted by Gasteiger charge is -2.14. The van der Waals surface area contributed by atoms with Crippen molar-refractivity contribution in [2.75, 3.05) is 20.2 Å². The van der Waals surface area contributed by atoms with Gasteiger partial charge in [0.2, 0.25) is 10.0 Å². The van der Waals surface area contributed by atoms with Gasteiger partial charge in [-0.1, -0.05) is 6.07 Å². The monoisotopic (exact) mass is 469 g/mol. The largest absolute Gasteiger partial charge is 0.497 e. The Balaban J connectivity index is 1.53. The number of nitrogens with zero attached hydrogens (tertiary/aromatic N) is 1. The number of ether oxygens (including phenoxy) is 2. The van der Waals surface area contributed by atoms with Crippen LogP contribution in [0.15, 0.2) is 65.8 Å². The number of aryl methyl sites for hydroxylation is 2. The molecule has 3 rings (SSSR count). The molecular formula is C24H27N3O5S. The number of rotatable bonds is 10. The Morgan fingerprint density at radius 2 is 1.73 bits per heavy atom. The van der Waals surface area contributed by atoms with Gasteiger partial charge < -0.3 is 14.8 Å². The van der Waals surface area contributed by atoms with Crippen LogP contribution in [-0.2, 0) is 16.6 Å². The van der Waals surface area contributed by atoms with E-state index in [0.29, 0.717) is 17.9 Å². The average molecular weight is 470 g/mol. The Morgan fingerprint density at radius 1 is 1.03 bits per heavy atom. The van der Waals surface area contributed by atoms with Crippen molar-refractivity contribution >= 4 is 15.9 Å². The molecule has 3 aromatic rings. The summed E-state index contributed by atoms with van der Waals surface area (Å²) < 4.78 is 38.1. The number of aromatic nitrogens is 1. The van der Waals surface area contributed by atoms with E-state index in [9.17, 15) is 13.2 Å². The Bertz CT molecular complexity index is 1170. The van der Waals surface area contributed by atoms with Gasteiger partial charge >= 0.3 is 0 Å². The van der Waals surface area contributed by atoms with Crippen LogP contribution in [0, 0.1) is 13.8 Å². The van der Waals surface area contributed by atoms with Gasteiger partial charge in [-0.3, -0.25) is 9.78 Å². The van der Waals surface area contributed by atoms with Crippen molar-refractivity contribution in [2.24, 2.45) is 0 Å². The maximum atomic E-state index is 12.6. The zero-order valence-corrected chi connectivity index (χ0v) is 19.6. The maximum Gasteiger partial charge on any atom is 0.251 e. The van der Waals surface area contributed by atoms with E-state index in [2.05, 4.69) is 15.0 Å². The number of methoxy groups -OCH3 is 1. The third-order valence-corrected chi connectivity index (χ3v) is 6.38. The normalized spacial score (nSPS) is 11.1. The number of nitrogens with one attached hydrogen (secondary N) is 2. The number of carbonyl (C=O) groups excluding carboxylic acids is 1. The third kappa shape index (κ3) is 6.53. The summed E-state index contributed by atoms with van der Waals surface area (Å²) in [6.07, 6.45) is 3.45. The summed E-state index contributed by atoms with van der Waals surface area (Å²) in [5.74, 6) is 1.01. The summed E-state index contributed by atoms with van der Waals surface area (Å²) >= 11 is 0. The molecule has 0 aliphatic rings. The van der Waals surface area contributed by atoms with Crippen molar-refractivity contribution in [3.63, 3.8) is 0 Å². The zero-order valence-electron chi connectivity index (χ0n) is 18.8. The number of carbonyl (C=O) groups is 1. The molecule has 0 aliphatic heterocycles. The molecule has 0 saturated heterocycles. The van der Waals surface area contributed by atoms with Crippen LogP contribution in [-0.4, -0.2) is 39.5 Å². The van der Waals surface area contributed by atoms with Gasteiger partial charge in [-0.2, -0.15) is 0 Å². The predicted molar refractivity (Wildman–Crippen MR) is 125 cm³/mol. The molecule has 2 N–H and O–H groups in total. The molecule has 2 aromatic carbocycles. The summed E-state index contributed by atoms with van der Waals surface area (Å²) in [6, 6.07) is 13.4. The van der Waals surface area contributed by atoms with Crippen molar-refractivity contribution in [1.82, 2.24) is 15.0 Å². The van der Waals surface area contributed by atoms with E-state index in [1.807, 2.05) is 26.0 Å². The zero-order chi connectivity index (χ0) is 23.8. The van der Waals surface area contributed by atoms with Gasteiger partial charge in [0.15, 0.2) is 0 Å². The predicted octanol–water partition coefficient (Wildman–Crippen LogP) is 2.99. The van der Waals surface area contributed by atoms with Gasteiger partial charge in [0.05, 0.1) is 12.0 Å². The quantitative estimate of drug-likeness (QED) is 0.442. The van der Waals surface area contributed by atoms with Gasteiger partial charge in [-0.25, -0.2) is 13.1 Å². The Morgan fingerprint density at radius 3 is 2.33 bits per heavy atom. The number of benzene rings is 2. The molecule has 0 fully saturated rings. The molecular weight excluding hydrogens is 442 g/mol. The van der Waals surface area contributed by atoms with Crippen molar-refractivity contribution in [2.45, 2.75) is 25.3 Å². The van der Waals surface area contributed by atoms with Crippen LogP contribution in [0.2, 0.25) is 0 Å². The fourth-order valence-corrected chi connectivity index (χ4v) is 4.28. The molecule has 33 heavy (non-hydrogen) atoms. The lowest BCUT2D eigenvalue weighted by Crippen LogP contribution is -2.34. The van der Waals surface area contributed by atoms with E-state index < -0.39 is 10.0 Å². The van der Waals surface area contributed by atoms with Gasteiger partial charge in [-0.05, 0) is 67.4 Å². The molecule has 0 unspecified atom stereocenters. The molecule has 0 aliphatic carbocycles. The molecule has 0 atom stereocenters. The molecule has 0 bridgehead atoms. The first-order chi connectivity index (χ1) is 15.8. The van der Waals surface area contributed by atoms with Gasteiger partial charge in [0.25, 0.3) is 5.91 Å². The SMILES string of the molecule is COc1ccc(S(=O)(=O)NCCNC(=O)c2cc(C)c(OCc3cccnc3)c(C)c2)cc1. The number of sulfonamides is 1. The molecule has 1 aromatic heterocycles. The van der Waals surface area contributed by atoms with E-state index in [1.165, 1.54) is 19.2 Å². The first kappa shape index (κ1) is 24.2. The van der Waals surface area contributed by atoms with Crippen LogP contribution in [0.4, 0.5) is 0 Å². The summed E-state index contributed by atoms with van der Waals surface area (Å²) in [6.45, 7) is 4.35. The molecule has 9 heteroatoms. The molecule has 0 radical (unpaired) electrons. The highest BCUT2D eigenvalue weighted by Crippen LogP contribution is 2.26. The van der Waals surface area contributed by atoms with Crippen LogP contribution in [0.5, 0.6) is 11.5 Å². The van der Waals surface area contributed by atoms with E-state index >= 15 is 0 Å². The lowest BCUT2D eigenvalue weighted by molar-refractivity contribution is 0.0954. The molecule has 174 valence electrons. The number of hydrogen-bond acceptors (Lipinski definition) is 6. The molecule has 0 spiro atoms. The minimum atomic E-state index is -3.67. The fraction of sp³-hybridized carbons (Fsp3) is 0.250. The minimum Gasteiger partial charge on any atom is -0.497 e. The van der Waals surface area contributed by atoms with Crippen LogP contribution >= 0.6 is 0 Å².